The highest BCUT2D eigenvalue weighted by Gasteiger charge is 2.19. The molecule has 0 fully saturated rings. The molecule has 0 radical (unpaired) electrons. The Kier molecular flexibility index (Phi) is 3.27. The van der Waals surface area contributed by atoms with E-state index < -0.39 is 0 Å². The zero-order valence-electron chi connectivity index (χ0n) is 15.8. The van der Waals surface area contributed by atoms with Crippen molar-refractivity contribution in [2.24, 2.45) is 0 Å². The monoisotopic (exact) mass is 383 g/mol. The molecule has 0 amide bonds. The number of nitrogens with zero attached hydrogens (tertiary/aromatic N) is 3. The summed E-state index contributed by atoms with van der Waals surface area (Å²) < 4.78 is 8.13. The van der Waals surface area contributed by atoms with E-state index >= 15 is 0 Å². The molecule has 2 aromatic heterocycles. The van der Waals surface area contributed by atoms with Gasteiger partial charge in [-0.2, -0.15) is 10.5 Å². The summed E-state index contributed by atoms with van der Waals surface area (Å²) in [6.07, 6.45) is 0. The predicted octanol–water partition coefficient (Wildman–Crippen LogP) is 6.43. The van der Waals surface area contributed by atoms with Crippen molar-refractivity contribution in [3.63, 3.8) is 0 Å². The van der Waals surface area contributed by atoms with Crippen LogP contribution in [0.2, 0.25) is 0 Å². The van der Waals surface area contributed by atoms with Gasteiger partial charge in [0.05, 0.1) is 27.8 Å². The van der Waals surface area contributed by atoms with Gasteiger partial charge in [-0.1, -0.05) is 42.5 Å². The zero-order valence-corrected chi connectivity index (χ0v) is 15.8. The average molecular weight is 383 g/mol. The van der Waals surface area contributed by atoms with Gasteiger partial charge in [0.1, 0.15) is 23.3 Å². The molecule has 0 aliphatic heterocycles. The van der Waals surface area contributed by atoms with E-state index in [2.05, 4.69) is 30.3 Å². The SMILES string of the molecule is N#Cc1cccc(C#N)c1-n1c2ccccc2c2cc3c(cc21)oc1ccccc13. The minimum Gasteiger partial charge on any atom is -0.456 e. The molecule has 4 aromatic carbocycles. The van der Waals surface area contributed by atoms with Crippen LogP contribution < -0.4 is 0 Å². The largest absolute Gasteiger partial charge is 0.456 e. The van der Waals surface area contributed by atoms with Crippen LogP contribution in [0.4, 0.5) is 0 Å². The summed E-state index contributed by atoms with van der Waals surface area (Å²) in [5, 5.41) is 23.8. The van der Waals surface area contributed by atoms with Crippen LogP contribution in [-0.4, -0.2) is 4.57 Å². The van der Waals surface area contributed by atoms with Gasteiger partial charge in [0.15, 0.2) is 0 Å². The van der Waals surface area contributed by atoms with Crippen LogP contribution in [0, 0.1) is 22.7 Å². The molecule has 6 aromatic rings. The van der Waals surface area contributed by atoms with Gasteiger partial charge in [-0.3, -0.25) is 0 Å². The summed E-state index contributed by atoms with van der Waals surface area (Å²) in [5.41, 5.74) is 4.99. The summed E-state index contributed by atoms with van der Waals surface area (Å²) in [4.78, 5) is 0. The fraction of sp³-hybridized carbons (Fsp3) is 0. The predicted molar refractivity (Wildman–Crippen MR) is 117 cm³/mol. The normalized spacial score (nSPS) is 11.3. The maximum atomic E-state index is 9.76. The summed E-state index contributed by atoms with van der Waals surface area (Å²) in [6.45, 7) is 0. The Morgan fingerprint density at radius 2 is 1.30 bits per heavy atom. The third-order valence-corrected chi connectivity index (χ3v) is 5.67. The number of furan rings is 1. The van der Waals surface area contributed by atoms with Gasteiger partial charge in [-0.05, 0) is 30.3 Å². The van der Waals surface area contributed by atoms with E-state index in [-0.39, 0.29) is 0 Å². The molecule has 0 N–H and O–H groups in total. The van der Waals surface area contributed by atoms with E-state index in [0.29, 0.717) is 16.8 Å². The molecule has 0 saturated carbocycles. The number of hydrogen-bond acceptors (Lipinski definition) is 3. The second-order valence-electron chi connectivity index (χ2n) is 7.24. The van der Waals surface area contributed by atoms with Crippen LogP contribution in [0.3, 0.4) is 0 Å². The Labute approximate surface area is 171 Å². The van der Waals surface area contributed by atoms with Crippen LogP contribution in [0.15, 0.2) is 83.3 Å². The first-order valence-corrected chi connectivity index (χ1v) is 9.58. The van der Waals surface area contributed by atoms with Crippen molar-refractivity contribution in [1.82, 2.24) is 4.57 Å². The van der Waals surface area contributed by atoms with Gasteiger partial charge in [-0.15, -0.1) is 0 Å². The highest BCUT2D eigenvalue weighted by Crippen LogP contribution is 2.39. The van der Waals surface area contributed by atoms with Gasteiger partial charge in [0, 0.05) is 27.6 Å². The molecule has 4 nitrogen and oxygen atoms in total. The smallest absolute Gasteiger partial charge is 0.137 e. The highest BCUT2D eigenvalue weighted by molar-refractivity contribution is 6.17. The topological polar surface area (TPSA) is 65.7 Å². The van der Waals surface area contributed by atoms with Crippen LogP contribution in [0.1, 0.15) is 11.1 Å². The van der Waals surface area contributed by atoms with Gasteiger partial charge < -0.3 is 8.98 Å². The van der Waals surface area contributed by atoms with E-state index in [1.54, 1.807) is 18.2 Å². The molecule has 138 valence electrons. The molecule has 0 spiro atoms. The number of para-hydroxylation sites is 3. The van der Waals surface area contributed by atoms with Crippen LogP contribution >= 0.6 is 0 Å². The van der Waals surface area contributed by atoms with E-state index in [4.69, 9.17) is 4.42 Å². The molecular formula is C26H13N3O. The lowest BCUT2D eigenvalue weighted by molar-refractivity contribution is 0.669. The van der Waals surface area contributed by atoms with Gasteiger partial charge in [0.25, 0.3) is 0 Å². The minimum atomic E-state index is 0.460. The third-order valence-electron chi connectivity index (χ3n) is 5.67. The molecule has 30 heavy (non-hydrogen) atoms. The first-order valence-electron chi connectivity index (χ1n) is 9.58. The fourth-order valence-corrected chi connectivity index (χ4v) is 4.39. The maximum absolute atomic E-state index is 9.76. The number of nitriles is 2. The fourth-order valence-electron chi connectivity index (χ4n) is 4.39. The number of rotatable bonds is 1. The van der Waals surface area contributed by atoms with Crippen molar-refractivity contribution in [2.75, 3.05) is 0 Å². The third kappa shape index (κ3) is 2.08. The Balaban J connectivity index is 1.87. The molecule has 0 saturated heterocycles. The Bertz CT molecular complexity index is 1690. The summed E-state index contributed by atoms with van der Waals surface area (Å²) in [5.74, 6) is 0. The second-order valence-corrected chi connectivity index (χ2v) is 7.24. The maximum Gasteiger partial charge on any atom is 0.137 e. The van der Waals surface area contributed by atoms with Crippen molar-refractivity contribution in [3.8, 4) is 17.8 Å². The molecule has 4 heteroatoms. The van der Waals surface area contributed by atoms with E-state index in [1.807, 2.05) is 47.0 Å². The van der Waals surface area contributed by atoms with Gasteiger partial charge >= 0.3 is 0 Å². The average Bonchev–Trinajstić information content (AvgIpc) is 3.31. The zero-order chi connectivity index (χ0) is 20.2. The molecule has 0 bridgehead atoms. The Morgan fingerprint density at radius 1 is 0.600 bits per heavy atom. The molecule has 6 rings (SSSR count). The summed E-state index contributed by atoms with van der Waals surface area (Å²) >= 11 is 0. The standard InChI is InChI=1S/C26H13N3O/c27-14-16-6-5-7-17(15-28)26(16)29-22-10-3-1-8-18(22)20-12-21-19-9-2-4-11-24(19)30-25(21)13-23(20)29/h1-13H. The van der Waals surface area contributed by atoms with Crippen molar-refractivity contribution in [2.45, 2.75) is 0 Å². The summed E-state index contributed by atoms with van der Waals surface area (Å²) in [6, 6.07) is 30.0. The second kappa shape index (κ2) is 5.98. The van der Waals surface area contributed by atoms with Gasteiger partial charge in [0.2, 0.25) is 0 Å². The first kappa shape index (κ1) is 16.4. The van der Waals surface area contributed by atoms with Crippen molar-refractivity contribution >= 4 is 43.7 Å². The van der Waals surface area contributed by atoms with Crippen LogP contribution in [0.5, 0.6) is 0 Å². The number of benzene rings is 4. The minimum absolute atomic E-state index is 0.460. The van der Waals surface area contributed by atoms with Crippen molar-refractivity contribution in [3.05, 3.63) is 90.0 Å². The summed E-state index contributed by atoms with van der Waals surface area (Å²) in [7, 11) is 0. The number of hydrogen-bond donors (Lipinski definition) is 0. The molecule has 0 atom stereocenters. The lowest BCUT2D eigenvalue weighted by atomic mass is 10.1. The van der Waals surface area contributed by atoms with E-state index in [9.17, 15) is 10.5 Å². The lowest BCUT2D eigenvalue weighted by Crippen LogP contribution is -2.00. The quantitative estimate of drug-likeness (QED) is 0.329. The number of fused-ring (bicyclic) bond motifs is 6. The molecule has 2 heterocycles. The molecule has 0 aliphatic rings. The van der Waals surface area contributed by atoms with Crippen LogP contribution in [-0.2, 0) is 0 Å². The van der Waals surface area contributed by atoms with Crippen molar-refractivity contribution < 1.29 is 4.42 Å². The highest BCUT2D eigenvalue weighted by atomic mass is 16.3. The lowest BCUT2D eigenvalue weighted by Gasteiger charge is -2.11. The Morgan fingerprint density at radius 3 is 2.07 bits per heavy atom. The van der Waals surface area contributed by atoms with Gasteiger partial charge in [-0.25, -0.2) is 0 Å². The van der Waals surface area contributed by atoms with Crippen molar-refractivity contribution in [1.29, 1.82) is 10.5 Å². The molecule has 0 aliphatic carbocycles. The molecular weight excluding hydrogens is 370 g/mol. The first-order chi connectivity index (χ1) is 14.8. The van der Waals surface area contributed by atoms with Crippen LogP contribution in [0.25, 0.3) is 49.4 Å². The Hall–Kier alpha value is -4.54. The molecule has 0 unspecified atom stereocenters. The number of aromatic nitrogens is 1. The van der Waals surface area contributed by atoms with E-state index in [1.165, 1.54) is 0 Å². The van der Waals surface area contributed by atoms with E-state index in [0.717, 1.165) is 43.7 Å².